The molecule has 20 heteroatoms. The normalized spacial score (nSPS) is 21.4. The summed E-state index contributed by atoms with van der Waals surface area (Å²) in [5.41, 5.74) is 7.41. The lowest BCUT2D eigenvalue weighted by Crippen LogP contribution is -2.58. The van der Waals surface area contributed by atoms with E-state index in [1.807, 2.05) is 43.3 Å². The first-order valence-corrected chi connectivity index (χ1v) is 28.6. The quantitative estimate of drug-likeness (QED) is 0.0724. The molecule has 1 aliphatic carbocycles. The van der Waals surface area contributed by atoms with Crippen molar-refractivity contribution < 1.29 is 29.4 Å². The standard InChI is InChI=1S/C62H71N13O7/c1-8-54(77)66-48-29-40(65-55-60(81)68(7)35-49(67-55)44-15-19-63-56(47(44)36-76)74-26-25-73-51(59(74)80)28-39-31-61(4,5)32-52(39)73)9-13-50(48)72-24-23-70(34-38(72)3)41-16-20-71(37(2)27-41)42-10-12-45-46(30-42)58(79)75(57(45)78)43-11-14-53(64-33-43)69-21-17-62(6,82)18-22-69/h8-15,19,28-30,33,35,37-38,41,76,82H,1,16-18,20-27,31-32,34,36H2,2-7H3,(H,65,67)(H,66,77)/t37-,38-,41?/m0/s1. The van der Waals surface area contributed by atoms with Crippen molar-refractivity contribution in [3.8, 4) is 11.3 Å². The van der Waals surface area contributed by atoms with Gasteiger partial charge in [0.05, 0.1) is 52.3 Å². The Labute approximate surface area is 476 Å². The monoisotopic (exact) mass is 1110 g/mol. The maximum Gasteiger partial charge on any atom is 0.293 e. The molecule has 6 aliphatic rings. The van der Waals surface area contributed by atoms with Gasteiger partial charge in [-0.3, -0.25) is 33.8 Å². The molecule has 3 fully saturated rings. The van der Waals surface area contributed by atoms with E-state index in [1.165, 1.54) is 26.8 Å². The molecule has 0 spiro atoms. The molecule has 20 nitrogen and oxygen atoms in total. The molecule has 0 radical (unpaired) electrons. The van der Waals surface area contributed by atoms with Gasteiger partial charge in [-0.15, -0.1) is 0 Å². The molecule has 12 rings (SSSR count). The summed E-state index contributed by atoms with van der Waals surface area (Å²) in [7, 11) is 1.63. The Morgan fingerprint density at radius 3 is 2.33 bits per heavy atom. The highest BCUT2D eigenvalue weighted by Crippen LogP contribution is 2.42. The molecule has 3 atom stereocenters. The number of piperazine rings is 1. The first-order valence-electron chi connectivity index (χ1n) is 28.6. The highest BCUT2D eigenvalue weighted by atomic mass is 16.3. The third-order valence-corrected chi connectivity index (χ3v) is 17.8. The van der Waals surface area contributed by atoms with Crippen LogP contribution in [0.15, 0.2) is 96.7 Å². The summed E-state index contributed by atoms with van der Waals surface area (Å²) in [4.78, 5) is 94.7. The highest BCUT2D eigenvalue weighted by molar-refractivity contribution is 6.34. The molecule has 5 aliphatic heterocycles. The van der Waals surface area contributed by atoms with Crippen molar-refractivity contribution in [2.45, 2.75) is 110 Å². The summed E-state index contributed by atoms with van der Waals surface area (Å²) >= 11 is 0. The lowest BCUT2D eigenvalue weighted by molar-refractivity contribution is -0.111. The number of nitrogens with one attached hydrogen (secondary N) is 2. The van der Waals surface area contributed by atoms with Crippen LogP contribution in [0.25, 0.3) is 11.3 Å². The number of carbonyl (C=O) groups is 4. The van der Waals surface area contributed by atoms with Crippen molar-refractivity contribution in [3.63, 3.8) is 0 Å². The Morgan fingerprint density at radius 1 is 0.817 bits per heavy atom. The van der Waals surface area contributed by atoms with Gasteiger partial charge in [0.2, 0.25) is 5.91 Å². The van der Waals surface area contributed by atoms with Crippen molar-refractivity contribution in [2.24, 2.45) is 12.5 Å². The molecule has 1 unspecified atom stereocenters. The van der Waals surface area contributed by atoms with Crippen LogP contribution in [0.1, 0.15) is 108 Å². The molecule has 0 bridgehead atoms. The molecular weight excluding hydrogens is 1040 g/mol. The van der Waals surface area contributed by atoms with E-state index in [4.69, 9.17) is 4.98 Å². The number of imide groups is 1. The fraction of sp³-hybridized carbons (Fsp3) is 0.419. The Balaban J connectivity index is 0.709. The summed E-state index contributed by atoms with van der Waals surface area (Å²) in [5.74, 6) is -0.173. The van der Waals surface area contributed by atoms with Crippen molar-refractivity contribution in [2.75, 3.05) is 80.9 Å². The van der Waals surface area contributed by atoms with E-state index in [-0.39, 0.29) is 46.9 Å². The van der Waals surface area contributed by atoms with Crippen LogP contribution in [0.5, 0.6) is 0 Å². The Morgan fingerprint density at radius 2 is 1.60 bits per heavy atom. The second-order valence-electron chi connectivity index (χ2n) is 24.2. The van der Waals surface area contributed by atoms with Crippen LogP contribution in [0.3, 0.4) is 0 Å². The first kappa shape index (κ1) is 54.4. The summed E-state index contributed by atoms with van der Waals surface area (Å²) in [5, 5.41) is 27.5. The van der Waals surface area contributed by atoms with E-state index in [0.29, 0.717) is 108 Å². The molecule has 4 aromatic heterocycles. The minimum Gasteiger partial charge on any atom is -0.392 e. The number of hydrogen-bond acceptors (Lipinski definition) is 15. The van der Waals surface area contributed by atoms with E-state index in [0.717, 1.165) is 62.5 Å². The van der Waals surface area contributed by atoms with Gasteiger partial charge < -0.3 is 44.7 Å². The number of anilines is 8. The van der Waals surface area contributed by atoms with Crippen LogP contribution in [0, 0.1) is 5.41 Å². The van der Waals surface area contributed by atoms with Gasteiger partial charge in [-0.25, -0.2) is 19.9 Å². The van der Waals surface area contributed by atoms with Gasteiger partial charge in [0.25, 0.3) is 23.3 Å². The molecule has 426 valence electrons. The van der Waals surface area contributed by atoms with E-state index in [1.54, 1.807) is 54.8 Å². The molecule has 4 N–H and O–H groups in total. The van der Waals surface area contributed by atoms with Crippen LogP contribution < -0.4 is 40.7 Å². The van der Waals surface area contributed by atoms with Gasteiger partial charge in [-0.2, -0.15) is 0 Å². The number of nitrogens with zero attached hydrogens (tertiary/aromatic N) is 11. The largest absolute Gasteiger partial charge is 0.392 e. The number of hydrogen-bond donors (Lipinski definition) is 4. The first-order chi connectivity index (χ1) is 39.3. The topological polar surface area (TPSA) is 218 Å². The average Bonchev–Trinajstić information content (AvgIpc) is 3.35. The SMILES string of the molecule is C=CC(=O)Nc1cc(Nc2nc(-c3ccnc(N4CCn5c(cc6c5CC(C)(C)C6)C4=O)c3CO)cn(C)c2=O)ccc1N1CCN(C2CCN(c3ccc4c(c3)C(=O)N(c3ccc(N5CCC(C)(O)CC5)nc3)C4=O)[C@@H](C)C2)C[C@@H]1C. The molecule has 6 aromatic rings. The van der Waals surface area contributed by atoms with Crippen molar-refractivity contribution in [1.82, 2.24) is 29.0 Å². The minimum atomic E-state index is -0.686. The van der Waals surface area contributed by atoms with Crippen LogP contribution in [0.4, 0.5) is 45.9 Å². The molecule has 82 heavy (non-hydrogen) atoms. The molecular formula is C62H71N13O7. The number of aliphatic hydroxyl groups is 2. The fourth-order valence-electron chi connectivity index (χ4n) is 13.4. The van der Waals surface area contributed by atoms with E-state index in [9.17, 15) is 34.2 Å². The predicted molar refractivity (Wildman–Crippen MR) is 317 cm³/mol. The third-order valence-electron chi connectivity index (χ3n) is 17.8. The van der Waals surface area contributed by atoms with Crippen LogP contribution in [-0.4, -0.2) is 132 Å². The van der Waals surface area contributed by atoms with Gasteiger partial charge in [0.15, 0.2) is 5.82 Å². The maximum atomic E-state index is 14.1. The lowest BCUT2D eigenvalue weighted by Gasteiger charge is -2.48. The fourth-order valence-corrected chi connectivity index (χ4v) is 13.4. The zero-order valence-corrected chi connectivity index (χ0v) is 47.5. The second-order valence-corrected chi connectivity index (χ2v) is 24.2. The molecule has 2 aromatic carbocycles. The Bertz CT molecular complexity index is 3630. The number of rotatable bonds is 12. The van der Waals surface area contributed by atoms with Gasteiger partial charge in [-0.1, -0.05) is 20.4 Å². The maximum absolute atomic E-state index is 14.1. The van der Waals surface area contributed by atoms with Gasteiger partial charge in [0.1, 0.15) is 17.3 Å². The molecule has 0 saturated carbocycles. The number of aliphatic hydroxyl groups excluding tert-OH is 1. The van der Waals surface area contributed by atoms with Crippen molar-refractivity contribution in [1.29, 1.82) is 0 Å². The van der Waals surface area contributed by atoms with Crippen LogP contribution in [-0.2, 0) is 37.8 Å². The minimum absolute atomic E-state index is 0.0233. The summed E-state index contributed by atoms with van der Waals surface area (Å²) in [6.07, 6.45) is 10.9. The highest BCUT2D eigenvalue weighted by Gasteiger charge is 2.41. The average molecular weight is 1110 g/mol. The predicted octanol–water partition coefficient (Wildman–Crippen LogP) is 6.90. The van der Waals surface area contributed by atoms with Crippen LogP contribution in [0.2, 0.25) is 0 Å². The zero-order valence-electron chi connectivity index (χ0n) is 47.5. The number of benzene rings is 2. The van der Waals surface area contributed by atoms with Gasteiger partial charge in [0, 0.05) is 118 Å². The van der Waals surface area contributed by atoms with Gasteiger partial charge in [-0.05, 0) is 137 Å². The summed E-state index contributed by atoms with van der Waals surface area (Å²) in [6, 6.07) is 19.0. The number of amides is 4. The third kappa shape index (κ3) is 9.89. The van der Waals surface area contributed by atoms with Gasteiger partial charge >= 0.3 is 0 Å². The number of pyridine rings is 2. The van der Waals surface area contributed by atoms with E-state index >= 15 is 0 Å². The number of piperidine rings is 2. The lowest BCUT2D eigenvalue weighted by atomic mass is 9.90. The van der Waals surface area contributed by atoms with Crippen molar-refractivity contribution in [3.05, 3.63) is 136 Å². The Hall–Kier alpha value is -8.20. The second kappa shape index (κ2) is 21.0. The number of carbonyl (C=O) groups excluding carboxylic acids is 4. The molecule has 4 amide bonds. The smallest absolute Gasteiger partial charge is 0.293 e. The number of aromatic nitrogens is 5. The number of fused-ring (bicyclic) bond motifs is 4. The summed E-state index contributed by atoms with van der Waals surface area (Å²) < 4.78 is 3.56. The van der Waals surface area contributed by atoms with E-state index in [2.05, 4.69) is 79.0 Å². The van der Waals surface area contributed by atoms with Crippen molar-refractivity contribution >= 4 is 69.5 Å². The van der Waals surface area contributed by atoms with Crippen LogP contribution >= 0.6 is 0 Å². The zero-order chi connectivity index (χ0) is 57.5. The van der Waals surface area contributed by atoms with E-state index < -0.39 is 17.8 Å². The number of aryl methyl sites for hydroxylation is 1. The molecule has 3 saturated heterocycles. The Kier molecular flexibility index (Phi) is 13.9. The summed E-state index contributed by atoms with van der Waals surface area (Å²) in [6.45, 7) is 19.4. The molecule has 9 heterocycles.